The third kappa shape index (κ3) is 8.24. The molecule has 5 heteroatoms. The lowest BCUT2D eigenvalue weighted by Crippen LogP contribution is -2.27. The molecule has 0 radical (unpaired) electrons. The highest BCUT2D eigenvalue weighted by Gasteiger charge is 2.08. The predicted octanol–water partition coefficient (Wildman–Crippen LogP) is 3.33. The van der Waals surface area contributed by atoms with Gasteiger partial charge in [-0.1, -0.05) is 32.3 Å². The van der Waals surface area contributed by atoms with Crippen LogP contribution in [-0.4, -0.2) is 31.6 Å². The van der Waals surface area contributed by atoms with Gasteiger partial charge in [0.25, 0.3) is 0 Å². The molecule has 23 heavy (non-hydrogen) atoms. The Balaban J connectivity index is 2.21. The van der Waals surface area contributed by atoms with Crippen molar-refractivity contribution < 1.29 is 19.1 Å². The Morgan fingerprint density at radius 2 is 1.96 bits per heavy atom. The summed E-state index contributed by atoms with van der Waals surface area (Å²) in [5, 5.41) is 2.76. The third-order valence-corrected chi connectivity index (χ3v) is 3.30. The maximum atomic E-state index is 11.9. The van der Waals surface area contributed by atoms with Crippen LogP contribution in [-0.2, 0) is 9.53 Å². The Kier molecular flexibility index (Phi) is 9.52. The summed E-state index contributed by atoms with van der Waals surface area (Å²) >= 11 is 0. The Bertz CT molecular complexity index is 488. The molecule has 0 aliphatic heterocycles. The standard InChI is InChI=1S/C18H27NO4/c1-3-5-6-7-11-17(20)19-12-13-23-18(21)15-9-8-10-16(14-15)22-4-2/h8-10,14H,3-7,11-13H2,1-2H3,(H,19,20). The molecule has 0 saturated carbocycles. The zero-order chi connectivity index (χ0) is 16.9. The van der Waals surface area contributed by atoms with Crippen LogP contribution in [0, 0.1) is 0 Å². The lowest BCUT2D eigenvalue weighted by molar-refractivity contribution is -0.121. The summed E-state index contributed by atoms with van der Waals surface area (Å²) in [6.07, 6.45) is 4.83. The number of nitrogens with one attached hydrogen (secondary N) is 1. The van der Waals surface area contributed by atoms with Crippen LogP contribution >= 0.6 is 0 Å². The Labute approximate surface area is 138 Å². The van der Waals surface area contributed by atoms with Crippen LogP contribution < -0.4 is 10.1 Å². The molecule has 1 amide bonds. The summed E-state index contributed by atoms with van der Waals surface area (Å²) in [5.41, 5.74) is 0.446. The van der Waals surface area contributed by atoms with E-state index in [1.54, 1.807) is 24.3 Å². The number of ether oxygens (including phenoxy) is 2. The normalized spacial score (nSPS) is 10.2. The number of benzene rings is 1. The summed E-state index contributed by atoms with van der Waals surface area (Å²) < 4.78 is 10.5. The fourth-order valence-corrected chi connectivity index (χ4v) is 2.10. The van der Waals surface area contributed by atoms with Gasteiger partial charge in [-0.2, -0.15) is 0 Å². The van der Waals surface area contributed by atoms with Crippen LogP contribution in [0.2, 0.25) is 0 Å². The highest BCUT2D eigenvalue weighted by molar-refractivity contribution is 5.89. The maximum absolute atomic E-state index is 11.9. The number of hydrogen-bond acceptors (Lipinski definition) is 4. The molecule has 1 rings (SSSR count). The fourth-order valence-electron chi connectivity index (χ4n) is 2.10. The summed E-state index contributed by atoms with van der Waals surface area (Å²) in [4.78, 5) is 23.5. The quantitative estimate of drug-likeness (QED) is 0.501. The molecule has 0 fully saturated rings. The average Bonchev–Trinajstić information content (AvgIpc) is 2.56. The zero-order valence-electron chi connectivity index (χ0n) is 14.1. The topological polar surface area (TPSA) is 64.6 Å². The van der Waals surface area contributed by atoms with Crippen molar-refractivity contribution in [3.05, 3.63) is 29.8 Å². The van der Waals surface area contributed by atoms with E-state index >= 15 is 0 Å². The van der Waals surface area contributed by atoms with Crippen molar-refractivity contribution in [1.29, 1.82) is 0 Å². The summed E-state index contributed by atoms with van der Waals surface area (Å²) in [7, 11) is 0. The molecule has 0 aliphatic rings. The van der Waals surface area contributed by atoms with Gasteiger partial charge in [0.1, 0.15) is 12.4 Å². The molecule has 0 heterocycles. The molecule has 0 saturated heterocycles. The summed E-state index contributed by atoms with van der Waals surface area (Å²) in [6, 6.07) is 6.87. The van der Waals surface area contributed by atoms with Crippen LogP contribution in [0.15, 0.2) is 24.3 Å². The highest BCUT2D eigenvalue weighted by atomic mass is 16.5. The SMILES string of the molecule is CCCCCCC(=O)NCCOC(=O)c1cccc(OCC)c1. The molecule has 1 N–H and O–H groups in total. The number of esters is 1. The van der Waals surface area contributed by atoms with Gasteiger partial charge in [0.2, 0.25) is 5.91 Å². The van der Waals surface area contributed by atoms with E-state index in [9.17, 15) is 9.59 Å². The smallest absolute Gasteiger partial charge is 0.338 e. The van der Waals surface area contributed by atoms with Gasteiger partial charge in [-0.05, 0) is 31.5 Å². The maximum Gasteiger partial charge on any atom is 0.338 e. The minimum absolute atomic E-state index is 0.00972. The molecule has 1 aromatic rings. The number of rotatable bonds is 11. The number of hydrogen-bond donors (Lipinski definition) is 1. The van der Waals surface area contributed by atoms with Gasteiger partial charge in [0.15, 0.2) is 0 Å². The molecule has 128 valence electrons. The van der Waals surface area contributed by atoms with Crippen LogP contribution in [0.25, 0.3) is 0 Å². The van der Waals surface area contributed by atoms with Crippen molar-refractivity contribution in [3.63, 3.8) is 0 Å². The van der Waals surface area contributed by atoms with E-state index in [-0.39, 0.29) is 12.5 Å². The molecule has 0 spiro atoms. The first-order chi connectivity index (χ1) is 11.2. The van der Waals surface area contributed by atoms with E-state index in [1.807, 2.05) is 6.92 Å². The number of carbonyl (C=O) groups excluding carboxylic acids is 2. The van der Waals surface area contributed by atoms with Gasteiger partial charge >= 0.3 is 5.97 Å². The van der Waals surface area contributed by atoms with E-state index in [0.29, 0.717) is 30.9 Å². The largest absolute Gasteiger partial charge is 0.494 e. The lowest BCUT2D eigenvalue weighted by atomic mass is 10.1. The van der Waals surface area contributed by atoms with Crippen LogP contribution in [0.4, 0.5) is 0 Å². The molecule has 0 unspecified atom stereocenters. The summed E-state index contributed by atoms with van der Waals surface area (Å²) in [5.74, 6) is 0.238. The van der Waals surface area contributed by atoms with Crippen molar-refractivity contribution in [2.24, 2.45) is 0 Å². The minimum Gasteiger partial charge on any atom is -0.494 e. The minimum atomic E-state index is -0.413. The molecule has 0 atom stereocenters. The first-order valence-electron chi connectivity index (χ1n) is 8.34. The molecule has 0 aromatic heterocycles. The van der Waals surface area contributed by atoms with Crippen molar-refractivity contribution in [2.75, 3.05) is 19.8 Å². The van der Waals surface area contributed by atoms with Gasteiger partial charge in [-0.3, -0.25) is 4.79 Å². The van der Waals surface area contributed by atoms with Gasteiger partial charge in [-0.25, -0.2) is 4.79 Å². The van der Waals surface area contributed by atoms with Gasteiger partial charge < -0.3 is 14.8 Å². The second kappa shape index (κ2) is 11.5. The number of carbonyl (C=O) groups is 2. The first-order valence-corrected chi connectivity index (χ1v) is 8.34. The van der Waals surface area contributed by atoms with Crippen molar-refractivity contribution >= 4 is 11.9 Å². The summed E-state index contributed by atoms with van der Waals surface area (Å²) in [6.45, 7) is 5.07. The Morgan fingerprint density at radius 3 is 2.70 bits per heavy atom. The van der Waals surface area contributed by atoms with E-state index in [1.165, 1.54) is 0 Å². The molecule has 0 aliphatic carbocycles. The molecular weight excluding hydrogens is 294 g/mol. The number of amides is 1. The van der Waals surface area contributed by atoms with Gasteiger partial charge in [0.05, 0.1) is 18.7 Å². The van der Waals surface area contributed by atoms with E-state index in [4.69, 9.17) is 9.47 Å². The van der Waals surface area contributed by atoms with Crippen LogP contribution in [0.1, 0.15) is 56.3 Å². The monoisotopic (exact) mass is 321 g/mol. The predicted molar refractivity (Wildman–Crippen MR) is 89.7 cm³/mol. The second-order valence-electron chi connectivity index (χ2n) is 5.26. The van der Waals surface area contributed by atoms with Gasteiger partial charge in [-0.15, -0.1) is 0 Å². The Hall–Kier alpha value is -2.04. The molecule has 1 aromatic carbocycles. The van der Waals surface area contributed by atoms with Crippen LogP contribution in [0.5, 0.6) is 5.75 Å². The van der Waals surface area contributed by atoms with E-state index in [2.05, 4.69) is 12.2 Å². The average molecular weight is 321 g/mol. The highest BCUT2D eigenvalue weighted by Crippen LogP contribution is 2.14. The first kappa shape index (κ1) is 19.0. The van der Waals surface area contributed by atoms with E-state index in [0.717, 1.165) is 25.7 Å². The van der Waals surface area contributed by atoms with Crippen LogP contribution in [0.3, 0.4) is 0 Å². The lowest BCUT2D eigenvalue weighted by Gasteiger charge is -2.08. The third-order valence-electron chi connectivity index (χ3n) is 3.30. The van der Waals surface area contributed by atoms with Crippen molar-refractivity contribution in [1.82, 2.24) is 5.32 Å². The molecule has 0 bridgehead atoms. The second-order valence-corrected chi connectivity index (χ2v) is 5.26. The zero-order valence-corrected chi connectivity index (χ0v) is 14.1. The Morgan fingerprint density at radius 1 is 1.13 bits per heavy atom. The number of unbranched alkanes of at least 4 members (excludes halogenated alkanes) is 3. The molecular formula is C18H27NO4. The van der Waals surface area contributed by atoms with Crippen molar-refractivity contribution in [2.45, 2.75) is 46.0 Å². The van der Waals surface area contributed by atoms with Crippen molar-refractivity contribution in [3.8, 4) is 5.75 Å². The van der Waals surface area contributed by atoms with Gasteiger partial charge in [0, 0.05) is 6.42 Å². The fraction of sp³-hybridized carbons (Fsp3) is 0.556. The molecule has 5 nitrogen and oxygen atoms in total. The van der Waals surface area contributed by atoms with E-state index < -0.39 is 5.97 Å².